The number of carbonyl (C=O) groups excluding carboxylic acids is 1. The molecule has 0 radical (unpaired) electrons. The second kappa shape index (κ2) is 7.27. The molecule has 2 aliphatic heterocycles. The molecule has 3 aromatic carbocycles. The normalized spacial score (nSPS) is 24.7. The molecule has 0 fully saturated rings. The van der Waals surface area contributed by atoms with Crippen LogP contribution in [0.5, 0.6) is 5.75 Å². The molecule has 5 heteroatoms. The minimum atomic E-state index is -1.05. The number of hydrogen-bond acceptors (Lipinski definition) is 5. The summed E-state index contributed by atoms with van der Waals surface area (Å²) >= 11 is 1.50. The van der Waals surface area contributed by atoms with Gasteiger partial charge < -0.3 is 4.74 Å². The summed E-state index contributed by atoms with van der Waals surface area (Å²) in [5, 5.41) is 7.72. The highest BCUT2D eigenvalue weighted by Gasteiger charge is 2.66. The van der Waals surface area contributed by atoms with Crippen LogP contribution in [0.25, 0.3) is 0 Å². The third kappa shape index (κ3) is 2.91. The molecule has 2 unspecified atom stereocenters. The topological polar surface area (TPSA) is 41.9 Å². The van der Waals surface area contributed by atoms with E-state index < -0.39 is 10.5 Å². The van der Waals surface area contributed by atoms with E-state index in [1.807, 2.05) is 78.7 Å². The zero-order chi connectivity index (χ0) is 21.6. The lowest BCUT2D eigenvalue weighted by Gasteiger charge is -2.50. The average molecular weight is 429 g/mol. The first kappa shape index (κ1) is 19.9. The molecular formula is C26H24N2O2S. The summed E-state index contributed by atoms with van der Waals surface area (Å²) in [5.41, 5.74) is 2.84. The number of hydrogen-bond donors (Lipinski definition) is 0. The zero-order valence-electron chi connectivity index (χ0n) is 17.8. The summed E-state index contributed by atoms with van der Waals surface area (Å²) in [6.07, 6.45) is 0.653. The number of anilines is 1. The fourth-order valence-electron chi connectivity index (χ4n) is 4.25. The molecule has 0 aromatic heterocycles. The van der Waals surface area contributed by atoms with Gasteiger partial charge in [0, 0.05) is 5.56 Å². The lowest BCUT2D eigenvalue weighted by atomic mass is 9.82. The van der Waals surface area contributed by atoms with Gasteiger partial charge in [-0.3, -0.25) is 4.79 Å². The molecule has 5 rings (SSSR count). The summed E-state index contributed by atoms with van der Waals surface area (Å²) in [5.74, 6) is 0.666. The van der Waals surface area contributed by atoms with Crippen molar-refractivity contribution in [3.63, 3.8) is 0 Å². The number of carbonyl (C=O) groups is 1. The van der Waals surface area contributed by atoms with E-state index >= 15 is 0 Å². The molecule has 3 aromatic rings. The van der Waals surface area contributed by atoms with E-state index in [0.29, 0.717) is 17.7 Å². The van der Waals surface area contributed by atoms with Crippen molar-refractivity contribution in [3.8, 4) is 5.75 Å². The molecule has 2 heterocycles. The predicted octanol–water partition coefficient (Wildman–Crippen LogP) is 6.05. The molecule has 2 aliphatic rings. The van der Waals surface area contributed by atoms with Gasteiger partial charge in [-0.15, -0.1) is 0 Å². The Morgan fingerprint density at radius 1 is 0.968 bits per heavy atom. The molecule has 0 bridgehead atoms. The molecule has 1 spiro atoms. The number of para-hydroxylation sites is 1. The molecule has 2 atom stereocenters. The van der Waals surface area contributed by atoms with Crippen molar-refractivity contribution >= 4 is 28.3 Å². The summed E-state index contributed by atoms with van der Waals surface area (Å²) in [4.78, 5) is 13.2. The first-order valence-electron chi connectivity index (χ1n) is 10.5. The van der Waals surface area contributed by atoms with Crippen molar-refractivity contribution in [1.82, 2.24) is 0 Å². The number of aryl methyl sites for hydroxylation is 1. The first-order chi connectivity index (χ1) is 15.0. The standard InChI is InChI=1S/C26H24N2O2S/c1-4-25(3)26(23(29)21-12-8-9-13-22(21)30-25)28(20-16-14-18(2)15-17-20)27-24(31-26)19-10-6-5-7-11-19/h5-17H,4H2,1-3H3. The Morgan fingerprint density at radius 3 is 2.35 bits per heavy atom. The molecule has 0 saturated heterocycles. The number of ether oxygens (including phenoxy) is 1. The number of fused-ring (bicyclic) bond motifs is 1. The highest BCUT2D eigenvalue weighted by atomic mass is 32.2. The van der Waals surface area contributed by atoms with E-state index in [-0.39, 0.29) is 5.78 Å². The SMILES string of the molecule is CCC1(C)Oc2ccccc2C(=O)C12SC(c1ccccc1)=NN2c1ccc(C)cc1. The van der Waals surface area contributed by atoms with Crippen LogP contribution in [-0.2, 0) is 0 Å². The van der Waals surface area contributed by atoms with Crippen LogP contribution in [-0.4, -0.2) is 21.3 Å². The number of thioether (sulfide) groups is 1. The van der Waals surface area contributed by atoms with Gasteiger partial charge in [-0.05, 0) is 44.5 Å². The van der Waals surface area contributed by atoms with E-state index in [9.17, 15) is 4.79 Å². The Kier molecular flexibility index (Phi) is 4.67. The van der Waals surface area contributed by atoms with Crippen molar-refractivity contribution in [3.05, 3.63) is 95.6 Å². The van der Waals surface area contributed by atoms with Gasteiger partial charge in [0.05, 0.1) is 11.3 Å². The van der Waals surface area contributed by atoms with E-state index in [1.54, 1.807) is 0 Å². The van der Waals surface area contributed by atoms with Crippen molar-refractivity contribution in [2.45, 2.75) is 37.7 Å². The Labute approximate surface area is 186 Å². The van der Waals surface area contributed by atoms with Crippen molar-refractivity contribution < 1.29 is 9.53 Å². The van der Waals surface area contributed by atoms with Gasteiger partial charge in [-0.1, -0.05) is 78.8 Å². The minimum Gasteiger partial charge on any atom is -0.483 e. The quantitative estimate of drug-likeness (QED) is 0.509. The number of nitrogens with zero attached hydrogens (tertiary/aromatic N) is 2. The van der Waals surface area contributed by atoms with Gasteiger partial charge in [-0.25, -0.2) is 5.01 Å². The van der Waals surface area contributed by atoms with Gasteiger partial charge in [0.2, 0.25) is 10.7 Å². The molecule has 0 amide bonds. The highest BCUT2D eigenvalue weighted by Crippen LogP contribution is 2.55. The average Bonchev–Trinajstić information content (AvgIpc) is 3.21. The van der Waals surface area contributed by atoms with E-state index in [0.717, 1.165) is 21.9 Å². The second-order valence-electron chi connectivity index (χ2n) is 8.18. The van der Waals surface area contributed by atoms with Crippen molar-refractivity contribution in [2.75, 3.05) is 5.01 Å². The second-order valence-corrected chi connectivity index (χ2v) is 9.36. The lowest BCUT2D eigenvalue weighted by Crippen LogP contribution is -2.67. The van der Waals surface area contributed by atoms with Crippen molar-refractivity contribution in [2.24, 2.45) is 5.10 Å². The highest BCUT2D eigenvalue weighted by molar-refractivity contribution is 8.16. The Balaban J connectivity index is 1.74. The van der Waals surface area contributed by atoms with Gasteiger partial charge in [0.25, 0.3) is 0 Å². The largest absolute Gasteiger partial charge is 0.483 e. The molecular weight excluding hydrogens is 404 g/mol. The molecule has 0 aliphatic carbocycles. The van der Waals surface area contributed by atoms with Crippen LogP contribution >= 0.6 is 11.8 Å². The van der Waals surface area contributed by atoms with Crippen LogP contribution in [0.4, 0.5) is 5.69 Å². The van der Waals surface area contributed by atoms with Gasteiger partial charge in [-0.2, -0.15) is 5.10 Å². The van der Waals surface area contributed by atoms with Crippen molar-refractivity contribution in [1.29, 1.82) is 0 Å². The lowest BCUT2D eigenvalue weighted by molar-refractivity contribution is 0.0250. The summed E-state index contributed by atoms with van der Waals surface area (Å²) in [6.45, 7) is 6.15. The molecule has 0 N–H and O–H groups in total. The Hall–Kier alpha value is -3.05. The van der Waals surface area contributed by atoms with Crippen LogP contribution in [0, 0.1) is 6.92 Å². The number of rotatable bonds is 3. The Bertz CT molecular complexity index is 1180. The predicted molar refractivity (Wildman–Crippen MR) is 127 cm³/mol. The van der Waals surface area contributed by atoms with Crippen LogP contribution in [0.15, 0.2) is 84.0 Å². The zero-order valence-corrected chi connectivity index (χ0v) is 18.6. The van der Waals surface area contributed by atoms with Crippen LogP contribution in [0.2, 0.25) is 0 Å². The molecule has 0 saturated carbocycles. The van der Waals surface area contributed by atoms with Gasteiger partial charge in [0.15, 0.2) is 0 Å². The summed E-state index contributed by atoms with van der Waals surface area (Å²) in [7, 11) is 0. The maximum atomic E-state index is 14.2. The van der Waals surface area contributed by atoms with Gasteiger partial charge >= 0.3 is 0 Å². The smallest absolute Gasteiger partial charge is 0.216 e. The number of hydrazone groups is 1. The minimum absolute atomic E-state index is 0.0268. The fraction of sp³-hybridized carbons (Fsp3) is 0.231. The fourth-order valence-corrected chi connectivity index (χ4v) is 5.75. The number of benzene rings is 3. The Morgan fingerprint density at radius 2 is 1.65 bits per heavy atom. The molecule has 156 valence electrons. The van der Waals surface area contributed by atoms with E-state index in [2.05, 4.69) is 26.0 Å². The number of ketones is 1. The monoisotopic (exact) mass is 428 g/mol. The molecule has 4 nitrogen and oxygen atoms in total. The first-order valence-corrected chi connectivity index (χ1v) is 11.3. The third-order valence-corrected chi connectivity index (χ3v) is 7.80. The van der Waals surface area contributed by atoms with Crippen LogP contribution in [0.3, 0.4) is 0 Å². The van der Waals surface area contributed by atoms with E-state index in [4.69, 9.17) is 9.84 Å². The molecule has 31 heavy (non-hydrogen) atoms. The van der Waals surface area contributed by atoms with E-state index in [1.165, 1.54) is 11.8 Å². The van der Waals surface area contributed by atoms with Crippen LogP contribution < -0.4 is 9.75 Å². The number of Topliss-reactive ketones (excluding diaryl/α,β-unsaturated/α-hetero) is 1. The van der Waals surface area contributed by atoms with Crippen LogP contribution in [0.1, 0.15) is 41.8 Å². The summed E-state index contributed by atoms with van der Waals surface area (Å²) < 4.78 is 6.58. The summed E-state index contributed by atoms with van der Waals surface area (Å²) in [6, 6.07) is 25.7. The maximum absolute atomic E-state index is 14.2. The van der Waals surface area contributed by atoms with Gasteiger partial charge in [0.1, 0.15) is 16.4 Å². The third-order valence-electron chi connectivity index (χ3n) is 6.20. The maximum Gasteiger partial charge on any atom is 0.216 e.